The van der Waals surface area contributed by atoms with Gasteiger partial charge in [0.05, 0.1) is 11.6 Å². The molecule has 0 aliphatic heterocycles. The van der Waals surface area contributed by atoms with Gasteiger partial charge in [0.1, 0.15) is 0 Å². The maximum Gasteiger partial charge on any atom is 0.0997 e. The molecule has 0 atom stereocenters. The van der Waals surface area contributed by atoms with Gasteiger partial charge >= 0.3 is 0 Å². The molecule has 0 N–H and O–H groups in total. The quantitative estimate of drug-likeness (QED) is 0.534. The predicted octanol–water partition coefficient (Wildman–Crippen LogP) is 6.74. The average molecular weight is 295 g/mol. The van der Waals surface area contributed by atoms with Crippen molar-refractivity contribution < 1.29 is 0 Å². The molecule has 0 bridgehead atoms. The molecule has 0 saturated heterocycles. The van der Waals surface area contributed by atoms with E-state index < -0.39 is 0 Å². The van der Waals surface area contributed by atoms with Crippen molar-refractivity contribution >= 4 is 5.57 Å². The number of hydrogen-bond donors (Lipinski definition) is 0. The highest BCUT2D eigenvalue weighted by atomic mass is 14.2. The zero-order valence-corrected chi connectivity index (χ0v) is 14.8. The standard InChI is InChI=1S/C11H11N.C6H6.2C2H6/c1-9(2)11(8-12)10-6-4-3-5-7-10;1-2-4-6-5-3-1;2*1-2/h3-7H,1-2H3;1-6H;2*1-2H3. The first-order valence-electron chi connectivity index (χ1n) is 7.88. The molecule has 0 saturated carbocycles. The minimum absolute atomic E-state index is 0.774. The van der Waals surface area contributed by atoms with Crippen molar-refractivity contribution in [3.05, 3.63) is 77.9 Å². The van der Waals surface area contributed by atoms with Crippen LogP contribution in [0.3, 0.4) is 0 Å². The largest absolute Gasteiger partial charge is 0.192 e. The predicted molar refractivity (Wildman–Crippen MR) is 99.5 cm³/mol. The topological polar surface area (TPSA) is 23.8 Å². The van der Waals surface area contributed by atoms with Crippen molar-refractivity contribution in [1.82, 2.24) is 0 Å². The monoisotopic (exact) mass is 295 g/mol. The van der Waals surface area contributed by atoms with Crippen LogP contribution in [-0.4, -0.2) is 0 Å². The molecule has 0 aromatic heterocycles. The fourth-order valence-corrected chi connectivity index (χ4v) is 1.45. The Morgan fingerprint density at radius 3 is 1.27 bits per heavy atom. The summed E-state index contributed by atoms with van der Waals surface area (Å²) in [6.45, 7) is 11.9. The molecule has 0 heterocycles. The first-order chi connectivity index (χ1) is 10.8. The fraction of sp³-hybridized carbons (Fsp3) is 0.286. The summed E-state index contributed by atoms with van der Waals surface area (Å²) in [6, 6.07) is 23.9. The SMILES string of the molecule is CC.CC.CC(C)=C(C#N)c1ccccc1.c1ccccc1. The summed E-state index contributed by atoms with van der Waals surface area (Å²) in [5, 5.41) is 8.84. The molecule has 0 fully saturated rings. The van der Waals surface area contributed by atoms with E-state index in [-0.39, 0.29) is 0 Å². The van der Waals surface area contributed by atoms with Gasteiger partial charge in [0.25, 0.3) is 0 Å². The molecule has 0 unspecified atom stereocenters. The van der Waals surface area contributed by atoms with Crippen molar-refractivity contribution in [2.24, 2.45) is 0 Å². The molecule has 2 aromatic carbocycles. The lowest BCUT2D eigenvalue weighted by Crippen LogP contribution is -1.82. The molecule has 2 aromatic rings. The third-order valence-corrected chi connectivity index (χ3v) is 2.34. The second-order valence-corrected chi connectivity index (χ2v) is 4.01. The van der Waals surface area contributed by atoms with Crippen LogP contribution in [0.15, 0.2) is 72.3 Å². The van der Waals surface area contributed by atoms with Crippen LogP contribution in [0.25, 0.3) is 5.57 Å². The maximum atomic E-state index is 8.84. The highest BCUT2D eigenvalue weighted by Gasteiger charge is 1.99. The van der Waals surface area contributed by atoms with Crippen molar-refractivity contribution in [2.45, 2.75) is 41.5 Å². The third-order valence-electron chi connectivity index (χ3n) is 2.34. The Balaban J connectivity index is 0. The Labute approximate surface area is 136 Å². The van der Waals surface area contributed by atoms with E-state index in [0.29, 0.717) is 0 Å². The summed E-state index contributed by atoms with van der Waals surface area (Å²) in [6.07, 6.45) is 0. The van der Waals surface area contributed by atoms with E-state index >= 15 is 0 Å². The molecule has 1 nitrogen and oxygen atoms in total. The van der Waals surface area contributed by atoms with E-state index in [2.05, 4.69) is 6.07 Å². The van der Waals surface area contributed by atoms with E-state index in [0.717, 1.165) is 16.7 Å². The highest BCUT2D eigenvalue weighted by Crippen LogP contribution is 2.16. The average Bonchev–Trinajstić information content (AvgIpc) is 2.62. The molecule has 0 spiro atoms. The maximum absolute atomic E-state index is 8.84. The van der Waals surface area contributed by atoms with Gasteiger partial charge in [-0.1, -0.05) is 100.0 Å². The molecule has 1 heteroatoms. The number of rotatable bonds is 1. The summed E-state index contributed by atoms with van der Waals surface area (Å²) in [5.74, 6) is 0. The van der Waals surface area contributed by atoms with Gasteiger partial charge in [-0.15, -0.1) is 0 Å². The van der Waals surface area contributed by atoms with Gasteiger partial charge in [0.2, 0.25) is 0 Å². The zero-order valence-electron chi connectivity index (χ0n) is 14.8. The van der Waals surface area contributed by atoms with E-state index in [1.807, 2.05) is 108 Å². The Bertz CT molecular complexity index is 488. The van der Waals surface area contributed by atoms with Gasteiger partial charge in [0, 0.05) is 0 Å². The van der Waals surface area contributed by atoms with Gasteiger partial charge < -0.3 is 0 Å². The second-order valence-electron chi connectivity index (χ2n) is 4.01. The van der Waals surface area contributed by atoms with Crippen LogP contribution in [0.4, 0.5) is 0 Å². The van der Waals surface area contributed by atoms with Crippen LogP contribution in [0.1, 0.15) is 47.1 Å². The molecule has 118 valence electrons. The lowest BCUT2D eigenvalue weighted by molar-refractivity contribution is 1.38. The first-order valence-corrected chi connectivity index (χ1v) is 7.88. The molecule has 0 radical (unpaired) electrons. The molecule has 0 aliphatic carbocycles. The van der Waals surface area contributed by atoms with Crippen molar-refractivity contribution in [3.8, 4) is 6.07 Å². The molecule has 2 rings (SSSR count). The normalized spacial score (nSPS) is 7.50. The number of allylic oxidation sites excluding steroid dienone is 2. The van der Waals surface area contributed by atoms with Crippen molar-refractivity contribution in [1.29, 1.82) is 5.26 Å². The van der Waals surface area contributed by atoms with Gasteiger partial charge in [-0.25, -0.2) is 0 Å². The van der Waals surface area contributed by atoms with Crippen LogP contribution < -0.4 is 0 Å². The van der Waals surface area contributed by atoms with E-state index in [9.17, 15) is 0 Å². The minimum Gasteiger partial charge on any atom is -0.192 e. The summed E-state index contributed by atoms with van der Waals surface area (Å²) >= 11 is 0. The number of benzene rings is 2. The minimum atomic E-state index is 0.774. The Morgan fingerprint density at radius 2 is 1.00 bits per heavy atom. The van der Waals surface area contributed by atoms with Gasteiger partial charge in [0.15, 0.2) is 0 Å². The zero-order chi connectivity index (χ0) is 17.2. The van der Waals surface area contributed by atoms with Crippen LogP contribution in [0, 0.1) is 11.3 Å². The molecule has 22 heavy (non-hydrogen) atoms. The Kier molecular flexibility index (Phi) is 16.7. The van der Waals surface area contributed by atoms with Crippen LogP contribution >= 0.6 is 0 Å². The Morgan fingerprint density at radius 1 is 0.682 bits per heavy atom. The summed E-state index contributed by atoms with van der Waals surface area (Å²) < 4.78 is 0. The number of hydrogen-bond acceptors (Lipinski definition) is 1. The Hall–Kier alpha value is -2.33. The third kappa shape index (κ3) is 10.5. The molecular weight excluding hydrogens is 266 g/mol. The fourth-order valence-electron chi connectivity index (χ4n) is 1.45. The number of nitrogens with zero attached hydrogens (tertiary/aromatic N) is 1. The van der Waals surface area contributed by atoms with Crippen molar-refractivity contribution in [2.75, 3.05) is 0 Å². The molecule has 0 amide bonds. The lowest BCUT2D eigenvalue weighted by atomic mass is 10.0. The second kappa shape index (κ2) is 16.7. The van der Waals surface area contributed by atoms with E-state index in [1.165, 1.54) is 0 Å². The van der Waals surface area contributed by atoms with E-state index in [1.54, 1.807) is 0 Å². The smallest absolute Gasteiger partial charge is 0.0997 e. The molecule has 0 aliphatic rings. The lowest BCUT2D eigenvalue weighted by Gasteiger charge is -1.99. The van der Waals surface area contributed by atoms with Crippen LogP contribution in [0.2, 0.25) is 0 Å². The summed E-state index contributed by atoms with van der Waals surface area (Å²) in [5.41, 5.74) is 2.83. The van der Waals surface area contributed by atoms with Crippen LogP contribution in [0.5, 0.6) is 0 Å². The van der Waals surface area contributed by atoms with Gasteiger partial charge in [-0.3, -0.25) is 0 Å². The van der Waals surface area contributed by atoms with Gasteiger partial charge in [-0.05, 0) is 19.4 Å². The van der Waals surface area contributed by atoms with Crippen molar-refractivity contribution in [3.63, 3.8) is 0 Å². The van der Waals surface area contributed by atoms with E-state index in [4.69, 9.17) is 5.26 Å². The summed E-state index contributed by atoms with van der Waals surface area (Å²) in [4.78, 5) is 0. The number of nitriles is 1. The van der Waals surface area contributed by atoms with Gasteiger partial charge in [-0.2, -0.15) is 5.26 Å². The highest BCUT2D eigenvalue weighted by molar-refractivity contribution is 5.78. The first kappa shape index (κ1) is 22.0. The summed E-state index contributed by atoms with van der Waals surface area (Å²) in [7, 11) is 0. The van der Waals surface area contributed by atoms with Crippen LogP contribution in [-0.2, 0) is 0 Å². The molecular formula is C21H29N.